The molecule has 0 amide bonds. The van der Waals surface area contributed by atoms with E-state index in [1.54, 1.807) is 10.9 Å². The summed E-state index contributed by atoms with van der Waals surface area (Å²) in [5, 5.41) is 7.05. The Kier molecular flexibility index (Phi) is 3.65. The molecular formula is C8H15N3O2S. The van der Waals surface area contributed by atoms with E-state index >= 15 is 0 Å². The summed E-state index contributed by atoms with van der Waals surface area (Å²) in [6.45, 7) is 1.12. The number of rotatable bonds is 5. The Hall–Kier alpha value is -0.880. The summed E-state index contributed by atoms with van der Waals surface area (Å²) in [7, 11) is -1.01. The van der Waals surface area contributed by atoms with Gasteiger partial charge in [-0.25, -0.2) is 8.42 Å². The zero-order chi connectivity index (χ0) is 10.6. The number of nitrogens with one attached hydrogen (secondary N) is 1. The van der Waals surface area contributed by atoms with Crippen LogP contribution in [0.3, 0.4) is 0 Å². The van der Waals surface area contributed by atoms with E-state index in [9.17, 15) is 8.42 Å². The van der Waals surface area contributed by atoms with E-state index in [1.165, 1.54) is 6.26 Å². The van der Waals surface area contributed by atoms with Crippen molar-refractivity contribution in [3.63, 3.8) is 0 Å². The van der Waals surface area contributed by atoms with Crippen LogP contribution in [0.15, 0.2) is 12.3 Å². The van der Waals surface area contributed by atoms with E-state index in [0.29, 0.717) is 13.1 Å². The first kappa shape index (κ1) is 11.2. The Bertz CT molecular complexity index is 383. The van der Waals surface area contributed by atoms with Crippen molar-refractivity contribution in [3.05, 3.63) is 18.0 Å². The molecule has 1 rings (SSSR count). The van der Waals surface area contributed by atoms with Crippen molar-refractivity contribution in [2.45, 2.75) is 6.54 Å². The van der Waals surface area contributed by atoms with E-state index in [2.05, 4.69) is 10.4 Å². The zero-order valence-electron chi connectivity index (χ0n) is 8.40. The van der Waals surface area contributed by atoms with Gasteiger partial charge >= 0.3 is 0 Å². The average molecular weight is 217 g/mol. The first-order valence-electron chi connectivity index (χ1n) is 4.34. The minimum atomic E-state index is -2.86. The molecule has 0 fully saturated rings. The van der Waals surface area contributed by atoms with Crippen LogP contribution in [0, 0.1) is 0 Å². The van der Waals surface area contributed by atoms with Crippen LogP contribution in [0.25, 0.3) is 0 Å². The second kappa shape index (κ2) is 4.56. The van der Waals surface area contributed by atoms with Gasteiger partial charge in [-0.05, 0) is 6.07 Å². The number of aromatic nitrogens is 2. The van der Waals surface area contributed by atoms with Gasteiger partial charge in [0, 0.05) is 32.6 Å². The van der Waals surface area contributed by atoms with Crippen LogP contribution in [0.5, 0.6) is 0 Å². The third-order valence-electron chi connectivity index (χ3n) is 1.88. The van der Waals surface area contributed by atoms with Gasteiger partial charge in [-0.3, -0.25) is 4.68 Å². The fraction of sp³-hybridized carbons (Fsp3) is 0.625. The highest BCUT2D eigenvalue weighted by Gasteiger charge is 2.01. The standard InChI is InChI=1S/C8H15N3O2S/c1-11-8(3-4-10-11)7-9-5-6-14(2,12)13/h3-4,9H,5-7H2,1-2H3. The van der Waals surface area contributed by atoms with Crippen LogP contribution in [0.1, 0.15) is 5.69 Å². The Morgan fingerprint density at radius 2 is 2.29 bits per heavy atom. The third kappa shape index (κ3) is 3.89. The van der Waals surface area contributed by atoms with Crippen molar-refractivity contribution in [2.75, 3.05) is 18.6 Å². The van der Waals surface area contributed by atoms with Crippen molar-refractivity contribution in [2.24, 2.45) is 7.05 Å². The summed E-state index contributed by atoms with van der Waals surface area (Å²) in [4.78, 5) is 0. The van der Waals surface area contributed by atoms with Crippen molar-refractivity contribution in [1.29, 1.82) is 0 Å². The summed E-state index contributed by atoms with van der Waals surface area (Å²) in [5.41, 5.74) is 1.04. The molecular weight excluding hydrogens is 202 g/mol. The van der Waals surface area contributed by atoms with E-state index < -0.39 is 9.84 Å². The van der Waals surface area contributed by atoms with Crippen LogP contribution in [0.2, 0.25) is 0 Å². The fourth-order valence-electron chi connectivity index (χ4n) is 1.05. The average Bonchev–Trinajstić information content (AvgIpc) is 2.44. The van der Waals surface area contributed by atoms with Crippen LogP contribution < -0.4 is 5.32 Å². The lowest BCUT2D eigenvalue weighted by atomic mass is 10.4. The van der Waals surface area contributed by atoms with E-state index in [-0.39, 0.29) is 5.75 Å². The fourth-order valence-corrected chi connectivity index (χ4v) is 1.56. The smallest absolute Gasteiger partial charge is 0.148 e. The first-order valence-corrected chi connectivity index (χ1v) is 6.40. The minimum absolute atomic E-state index is 0.171. The second-order valence-electron chi connectivity index (χ2n) is 3.25. The van der Waals surface area contributed by atoms with E-state index in [0.717, 1.165) is 5.69 Å². The van der Waals surface area contributed by atoms with Crippen molar-refractivity contribution in [1.82, 2.24) is 15.1 Å². The number of aryl methyl sites for hydroxylation is 1. The molecule has 1 aromatic rings. The molecule has 0 radical (unpaired) electrons. The van der Waals surface area contributed by atoms with Crippen molar-refractivity contribution in [3.8, 4) is 0 Å². The third-order valence-corrected chi connectivity index (χ3v) is 2.82. The molecule has 0 saturated carbocycles. The van der Waals surface area contributed by atoms with Gasteiger partial charge in [-0.1, -0.05) is 0 Å². The molecule has 0 saturated heterocycles. The number of nitrogens with zero attached hydrogens (tertiary/aromatic N) is 2. The molecule has 0 bridgehead atoms. The molecule has 1 N–H and O–H groups in total. The second-order valence-corrected chi connectivity index (χ2v) is 5.51. The van der Waals surface area contributed by atoms with Crippen LogP contribution in [0.4, 0.5) is 0 Å². The molecule has 5 nitrogen and oxygen atoms in total. The molecule has 0 aromatic carbocycles. The Morgan fingerprint density at radius 1 is 1.57 bits per heavy atom. The Balaban J connectivity index is 2.26. The molecule has 0 aliphatic heterocycles. The number of hydrogen-bond donors (Lipinski definition) is 1. The Morgan fingerprint density at radius 3 is 2.79 bits per heavy atom. The predicted molar refractivity (Wildman–Crippen MR) is 54.6 cm³/mol. The lowest BCUT2D eigenvalue weighted by molar-refractivity contribution is 0.593. The van der Waals surface area contributed by atoms with E-state index in [4.69, 9.17) is 0 Å². The Labute approximate surface area is 84.0 Å². The lowest BCUT2D eigenvalue weighted by Gasteiger charge is -2.03. The van der Waals surface area contributed by atoms with Crippen LogP contribution >= 0.6 is 0 Å². The summed E-state index contributed by atoms with van der Waals surface area (Å²) < 4.78 is 23.4. The topological polar surface area (TPSA) is 64.0 Å². The van der Waals surface area contributed by atoms with E-state index in [1.807, 2.05) is 13.1 Å². The number of sulfone groups is 1. The summed E-state index contributed by atoms with van der Waals surface area (Å²) in [5.74, 6) is 0.171. The molecule has 0 aliphatic rings. The molecule has 80 valence electrons. The molecule has 1 aromatic heterocycles. The van der Waals surface area contributed by atoms with Gasteiger partial charge in [0.1, 0.15) is 9.84 Å². The first-order chi connectivity index (χ1) is 6.49. The van der Waals surface area contributed by atoms with Gasteiger partial charge in [0.2, 0.25) is 0 Å². The molecule has 0 unspecified atom stereocenters. The SMILES string of the molecule is Cn1nccc1CNCCS(C)(=O)=O. The molecule has 0 atom stereocenters. The highest BCUT2D eigenvalue weighted by molar-refractivity contribution is 7.90. The van der Waals surface area contributed by atoms with Gasteiger partial charge in [0.25, 0.3) is 0 Å². The largest absolute Gasteiger partial charge is 0.310 e. The molecule has 6 heteroatoms. The van der Waals surface area contributed by atoms with Gasteiger partial charge in [0.15, 0.2) is 0 Å². The summed E-state index contributed by atoms with van der Waals surface area (Å²) in [6, 6.07) is 1.90. The number of hydrogen-bond acceptors (Lipinski definition) is 4. The van der Waals surface area contributed by atoms with Crippen LogP contribution in [-0.4, -0.2) is 36.8 Å². The molecule has 0 aliphatic carbocycles. The quantitative estimate of drug-likeness (QED) is 0.679. The normalized spacial score (nSPS) is 11.9. The van der Waals surface area contributed by atoms with Crippen molar-refractivity contribution >= 4 is 9.84 Å². The van der Waals surface area contributed by atoms with Gasteiger partial charge < -0.3 is 5.32 Å². The molecule has 1 heterocycles. The maximum Gasteiger partial charge on any atom is 0.148 e. The van der Waals surface area contributed by atoms with Gasteiger partial charge in [0.05, 0.1) is 11.4 Å². The lowest BCUT2D eigenvalue weighted by Crippen LogP contribution is -2.23. The van der Waals surface area contributed by atoms with Crippen LogP contribution in [-0.2, 0) is 23.4 Å². The maximum atomic E-state index is 10.8. The summed E-state index contributed by atoms with van der Waals surface area (Å²) in [6.07, 6.45) is 2.95. The zero-order valence-corrected chi connectivity index (χ0v) is 9.21. The minimum Gasteiger partial charge on any atom is -0.310 e. The van der Waals surface area contributed by atoms with Gasteiger partial charge in [-0.2, -0.15) is 5.10 Å². The molecule has 0 spiro atoms. The highest BCUT2D eigenvalue weighted by atomic mass is 32.2. The molecule has 14 heavy (non-hydrogen) atoms. The maximum absolute atomic E-state index is 10.8. The highest BCUT2D eigenvalue weighted by Crippen LogP contribution is 1.94. The van der Waals surface area contributed by atoms with Crippen molar-refractivity contribution < 1.29 is 8.42 Å². The predicted octanol–water partition coefficient (Wildman–Crippen LogP) is -0.446. The monoisotopic (exact) mass is 217 g/mol. The summed E-state index contributed by atoms with van der Waals surface area (Å²) >= 11 is 0. The van der Waals surface area contributed by atoms with Gasteiger partial charge in [-0.15, -0.1) is 0 Å².